The molecule has 2 N–H and O–H groups in total. The van der Waals surface area contributed by atoms with Gasteiger partial charge in [0.25, 0.3) is 0 Å². The fraction of sp³-hybridized carbons (Fsp3) is 0.308. The van der Waals surface area contributed by atoms with Crippen molar-refractivity contribution in [3.05, 3.63) is 53.6 Å². The number of aromatic nitrogens is 2. The zero-order valence-corrected chi connectivity index (χ0v) is 9.78. The van der Waals surface area contributed by atoms with E-state index in [0.717, 1.165) is 17.7 Å². The highest BCUT2D eigenvalue weighted by Crippen LogP contribution is 2.17. The zero-order chi connectivity index (χ0) is 12.1. The quantitative estimate of drug-likeness (QED) is 0.833. The summed E-state index contributed by atoms with van der Waals surface area (Å²) < 4.78 is 13.1. The summed E-state index contributed by atoms with van der Waals surface area (Å²) in [7, 11) is 0. The van der Waals surface area contributed by atoms with Crippen LogP contribution in [-0.2, 0) is 6.54 Å². The molecule has 0 aliphatic rings. The van der Waals surface area contributed by atoms with E-state index in [-0.39, 0.29) is 11.9 Å². The van der Waals surface area contributed by atoms with E-state index in [1.54, 1.807) is 18.3 Å². The van der Waals surface area contributed by atoms with Crippen molar-refractivity contribution in [2.45, 2.75) is 25.9 Å². The first kappa shape index (κ1) is 11.8. The minimum Gasteiger partial charge on any atom is -0.304 e. The van der Waals surface area contributed by atoms with E-state index in [9.17, 15) is 4.39 Å². The number of H-pyrrole nitrogens is 1. The number of hydrogen-bond acceptors (Lipinski definition) is 2. The van der Waals surface area contributed by atoms with Crippen LogP contribution >= 0.6 is 0 Å². The summed E-state index contributed by atoms with van der Waals surface area (Å²) in [6.07, 6.45) is 2.64. The van der Waals surface area contributed by atoms with Gasteiger partial charge in [0.2, 0.25) is 0 Å². The Kier molecular flexibility index (Phi) is 3.88. The van der Waals surface area contributed by atoms with Crippen LogP contribution in [-0.4, -0.2) is 10.2 Å². The van der Waals surface area contributed by atoms with Gasteiger partial charge in [-0.1, -0.05) is 19.1 Å². The fourth-order valence-electron chi connectivity index (χ4n) is 1.84. The maximum Gasteiger partial charge on any atom is 0.123 e. The summed E-state index contributed by atoms with van der Waals surface area (Å²) in [5.41, 5.74) is 2.01. The van der Waals surface area contributed by atoms with Crippen LogP contribution in [0, 0.1) is 5.82 Å². The molecule has 0 radical (unpaired) electrons. The van der Waals surface area contributed by atoms with Crippen LogP contribution in [0.15, 0.2) is 36.5 Å². The number of rotatable bonds is 5. The Labute approximate surface area is 100 Å². The van der Waals surface area contributed by atoms with Crippen LogP contribution in [0.2, 0.25) is 0 Å². The second-order valence-electron chi connectivity index (χ2n) is 3.98. The van der Waals surface area contributed by atoms with Gasteiger partial charge in [0, 0.05) is 24.5 Å². The van der Waals surface area contributed by atoms with Crippen LogP contribution in [0.25, 0.3) is 0 Å². The monoisotopic (exact) mass is 233 g/mol. The second kappa shape index (κ2) is 5.59. The van der Waals surface area contributed by atoms with E-state index >= 15 is 0 Å². The number of hydrogen-bond donors (Lipinski definition) is 2. The van der Waals surface area contributed by atoms with Crippen LogP contribution in [0.1, 0.15) is 30.6 Å². The molecule has 1 atom stereocenters. The molecule has 17 heavy (non-hydrogen) atoms. The molecule has 1 aromatic heterocycles. The first-order valence-electron chi connectivity index (χ1n) is 5.76. The molecule has 0 bridgehead atoms. The summed E-state index contributed by atoms with van der Waals surface area (Å²) in [6, 6.07) is 8.81. The maximum atomic E-state index is 13.1. The Hall–Kier alpha value is -1.68. The summed E-state index contributed by atoms with van der Waals surface area (Å²) in [4.78, 5) is 0. The molecule has 0 aliphatic carbocycles. The van der Waals surface area contributed by atoms with E-state index in [1.807, 2.05) is 12.1 Å². The third kappa shape index (κ3) is 3.14. The van der Waals surface area contributed by atoms with Crippen LogP contribution < -0.4 is 5.32 Å². The van der Waals surface area contributed by atoms with Gasteiger partial charge in [0.15, 0.2) is 0 Å². The van der Waals surface area contributed by atoms with Crippen LogP contribution in [0.3, 0.4) is 0 Å². The maximum absolute atomic E-state index is 13.1. The number of halogens is 1. The summed E-state index contributed by atoms with van der Waals surface area (Å²) >= 11 is 0. The van der Waals surface area contributed by atoms with E-state index in [1.165, 1.54) is 6.07 Å². The molecule has 90 valence electrons. The lowest BCUT2D eigenvalue weighted by Gasteiger charge is -2.16. The molecule has 1 heterocycles. The molecule has 0 fully saturated rings. The Morgan fingerprint density at radius 1 is 1.41 bits per heavy atom. The minimum absolute atomic E-state index is 0.161. The molecule has 4 heteroatoms. The van der Waals surface area contributed by atoms with E-state index in [2.05, 4.69) is 22.4 Å². The van der Waals surface area contributed by atoms with E-state index in [4.69, 9.17) is 0 Å². The average molecular weight is 233 g/mol. The van der Waals surface area contributed by atoms with E-state index in [0.29, 0.717) is 6.54 Å². The van der Waals surface area contributed by atoms with Crippen LogP contribution in [0.5, 0.6) is 0 Å². The van der Waals surface area contributed by atoms with Crippen LogP contribution in [0.4, 0.5) is 4.39 Å². The largest absolute Gasteiger partial charge is 0.304 e. The molecule has 1 aromatic carbocycles. The summed E-state index contributed by atoms with van der Waals surface area (Å²) in [6.45, 7) is 2.78. The molecule has 0 aliphatic heterocycles. The third-order valence-corrected chi connectivity index (χ3v) is 2.76. The van der Waals surface area contributed by atoms with Gasteiger partial charge in [0.05, 0.1) is 0 Å². The molecule has 0 saturated heterocycles. The molecule has 0 amide bonds. The zero-order valence-electron chi connectivity index (χ0n) is 9.78. The van der Waals surface area contributed by atoms with Gasteiger partial charge >= 0.3 is 0 Å². The van der Waals surface area contributed by atoms with Crippen molar-refractivity contribution < 1.29 is 4.39 Å². The van der Waals surface area contributed by atoms with Crippen molar-refractivity contribution in [3.8, 4) is 0 Å². The van der Waals surface area contributed by atoms with Gasteiger partial charge in [0.1, 0.15) is 5.82 Å². The molecule has 2 aromatic rings. The predicted octanol–water partition coefficient (Wildman–Crippen LogP) is 2.79. The summed E-state index contributed by atoms with van der Waals surface area (Å²) in [5, 5.41) is 10.2. The van der Waals surface area contributed by atoms with Gasteiger partial charge in [-0.15, -0.1) is 0 Å². The summed E-state index contributed by atoms with van der Waals surface area (Å²) in [5.74, 6) is -0.190. The van der Waals surface area contributed by atoms with Crippen molar-refractivity contribution in [1.82, 2.24) is 15.5 Å². The third-order valence-electron chi connectivity index (χ3n) is 2.76. The molecular weight excluding hydrogens is 217 g/mol. The molecule has 0 spiro atoms. The molecular formula is C13H16FN3. The fourth-order valence-corrected chi connectivity index (χ4v) is 1.84. The molecule has 1 unspecified atom stereocenters. The highest BCUT2D eigenvalue weighted by molar-refractivity contribution is 5.20. The SMILES string of the molecule is CCC(NCc1ccn[nH]1)c1cccc(F)c1. The van der Waals surface area contributed by atoms with Gasteiger partial charge in [-0.25, -0.2) is 4.39 Å². The smallest absolute Gasteiger partial charge is 0.123 e. The highest BCUT2D eigenvalue weighted by Gasteiger charge is 2.09. The first-order chi connectivity index (χ1) is 8.29. The number of nitrogens with one attached hydrogen (secondary N) is 2. The Morgan fingerprint density at radius 2 is 2.29 bits per heavy atom. The Bertz CT molecular complexity index is 453. The standard InChI is InChI=1S/C13H16FN3/c1-2-13(10-4-3-5-11(14)8-10)15-9-12-6-7-16-17-12/h3-8,13,15H,2,9H2,1H3,(H,16,17). The lowest BCUT2D eigenvalue weighted by Crippen LogP contribution is -2.20. The lowest BCUT2D eigenvalue weighted by atomic mass is 10.0. The average Bonchev–Trinajstić information content (AvgIpc) is 2.83. The van der Waals surface area contributed by atoms with Gasteiger partial charge in [-0.05, 0) is 30.2 Å². The van der Waals surface area contributed by atoms with Gasteiger partial charge in [-0.2, -0.15) is 5.10 Å². The minimum atomic E-state index is -0.190. The van der Waals surface area contributed by atoms with Crippen molar-refractivity contribution in [2.24, 2.45) is 0 Å². The normalized spacial score (nSPS) is 12.6. The predicted molar refractivity (Wildman–Crippen MR) is 64.9 cm³/mol. The topological polar surface area (TPSA) is 40.7 Å². The Balaban J connectivity index is 2.01. The molecule has 2 rings (SSSR count). The lowest BCUT2D eigenvalue weighted by molar-refractivity contribution is 0.509. The van der Waals surface area contributed by atoms with Crippen molar-refractivity contribution in [2.75, 3.05) is 0 Å². The van der Waals surface area contributed by atoms with Gasteiger partial charge in [-0.3, -0.25) is 5.10 Å². The highest BCUT2D eigenvalue weighted by atomic mass is 19.1. The van der Waals surface area contributed by atoms with E-state index < -0.39 is 0 Å². The first-order valence-corrected chi connectivity index (χ1v) is 5.76. The van der Waals surface area contributed by atoms with Gasteiger partial charge < -0.3 is 5.32 Å². The second-order valence-corrected chi connectivity index (χ2v) is 3.98. The number of aromatic amines is 1. The van der Waals surface area contributed by atoms with Crippen molar-refractivity contribution >= 4 is 0 Å². The van der Waals surface area contributed by atoms with Crippen molar-refractivity contribution in [1.29, 1.82) is 0 Å². The Morgan fingerprint density at radius 3 is 2.94 bits per heavy atom. The molecule has 0 saturated carbocycles. The number of benzene rings is 1. The molecule has 3 nitrogen and oxygen atoms in total. The number of nitrogens with zero attached hydrogens (tertiary/aromatic N) is 1. The van der Waals surface area contributed by atoms with Crippen molar-refractivity contribution in [3.63, 3.8) is 0 Å².